The summed E-state index contributed by atoms with van der Waals surface area (Å²) < 4.78 is 5.67. The zero-order valence-electron chi connectivity index (χ0n) is 9.58. The second-order valence-electron chi connectivity index (χ2n) is 4.37. The zero-order valence-corrected chi connectivity index (χ0v) is 9.58. The number of hydrogen-bond donors (Lipinski definition) is 1. The first kappa shape index (κ1) is 12.5. The van der Waals surface area contributed by atoms with Crippen molar-refractivity contribution in [1.29, 1.82) is 0 Å². The van der Waals surface area contributed by atoms with Crippen molar-refractivity contribution in [3.63, 3.8) is 0 Å². The van der Waals surface area contributed by atoms with Crippen LogP contribution in [-0.4, -0.2) is 23.3 Å². The standard InChI is InChI=1S/C12H22O3/c1-2-7-11(12(13)14)15-10-8-5-3-4-6-9-10/h10-11H,2-9H2,1H3,(H,13,14). The normalized spacial score (nSPS) is 20.9. The summed E-state index contributed by atoms with van der Waals surface area (Å²) in [5.74, 6) is -0.805. The quantitative estimate of drug-likeness (QED) is 0.716. The van der Waals surface area contributed by atoms with Crippen LogP contribution >= 0.6 is 0 Å². The van der Waals surface area contributed by atoms with Gasteiger partial charge in [-0.2, -0.15) is 0 Å². The summed E-state index contributed by atoms with van der Waals surface area (Å²) in [6.45, 7) is 1.99. The third-order valence-electron chi connectivity index (χ3n) is 2.99. The summed E-state index contributed by atoms with van der Waals surface area (Å²) in [5, 5.41) is 8.98. The number of carboxylic acids is 1. The summed E-state index contributed by atoms with van der Waals surface area (Å²) in [6, 6.07) is 0. The maximum absolute atomic E-state index is 10.9. The molecule has 0 aromatic rings. The number of aliphatic carboxylic acids is 1. The summed E-state index contributed by atoms with van der Waals surface area (Å²) in [7, 11) is 0. The van der Waals surface area contributed by atoms with Crippen molar-refractivity contribution in [3.05, 3.63) is 0 Å². The minimum absolute atomic E-state index is 0.181. The molecule has 88 valence electrons. The van der Waals surface area contributed by atoms with Crippen molar-refractivity contribution < 1.29 is 14.6 Å². The van der Waals surface area contributed by atoms with Gasteiger partial charge in [0, 0.05) is 0 Å². The highest BCUT2D eigenvalue weighted by Gasteiger charge is 2.22. The Morgan fingerprint density at radius 3 is 2.40 bits per heavy atom. The summed E-state index contributed by atoms with van der Waals surface area (Å²) >= 11 is 0. The van der Waals surface area contributed by atoms with Gasteiger partial charge in [-0.1, -0.05) is 39.0 Å². The van der Waals surface area contributed by atoms with Crippen LogP contribution < -0.4 is 0 Å². The first-order valence-electron chi connectivity index (χ1n) is 6.12. The molecule has 0 amide bonds. The molecule has 1 saturated carbocycles. The van der Waals surface area contributed by atoms with Crippen LogP contribution in [0.15, 0.2) is 0 Å². The third-order valence-corrected chi connectivity index (χ3v) is 2.99. The Balaban J connectivity index is 2.37. The topological polar surface area (TPSA) is 46.5 Å². The van der Waals surface area contributed by atoms with Gasteiger partial charge < -0.3 is 9.84 Å². The molecule has 0 saturated heterocycles. The maximum atomic E-state index is 10.9. The van der Waals surface area contributed by atoms with E-state index in [9.17, 15) is 4.79 Å². The van der Waals surface area contributed by atoms with E-state index < -0.39 is 12.1 Å². The van der Waals surface area contributed by atoms with Crippen molar-refractivity contribution in [2.75, 3.05) is 0 Å². The van der Waals surface area contributed by atoms with Gasteiger partial charge >= 0.3 is 5.97 Å². The van der Waals surface area contributed by atoms with Gasteiger partial charge in [0.05, 0.1) is 6.10 Å². The second-order valence-corrected chi connectivity index (χ2v) is 4.37. The Kier molecular flexibility index (Phi) is 5.69. The van der Waals surface area contributed by atoms with E-state index in [0.29, 0.717) is 6.42 Å². The Morgan fingerprint density at radius 1 is 1.33 bits per heavy atom. The molecule has 0 radical (unpaired) electrons. The largest absolute Gasteiger partial charge is 0.479 e. The molecule has 0 bridgehead atoms. The van der Waals surface area contributed by atoms with E-state index in [-0.39, 0.29) is 6.10 Å². The van der Waals surface area contributed by atoms with E-state index in [0.717, 1.165) is 19.3 Å². The van der Waals surface area contributed by atoms with Crippen LogP contribution in [0.2, 0.25) is 0 Å². The minimum atomic E-state index is -0.805. The van der Waals surface area contributed by atoms with E-state index >= 15 is 0 Å². The number of rotatable bonds is 5. The van der Waals surface area contributed by atoms with E-state index in [1.165, 1.54) is 25.7 Å². The molecular weight excluding hydrogens is 192 g/mol. The van der Waals surface area contributed by atoms with Gasteiger partial charge in [-0.3, -0.25) is 0 Å². The molecule has 0 heterocycles. The molecule has 0 aromatic heterocycles. The molecule has 1 unspecified atom stereocenters. The predicted molar refractivity (Wildman–Crippen MR) is 58.9 cm³/mol. The van der Waals surface area contributed by atoms with Crippen LogP contribution in [0.1, 0.15) is 58.3 Å². The van der Waals surface area contributed by atoms with Crippen molar-refractivity contribution in [1.82, 2.24) is 0 Å². The van der Waals surface area contributed by atoms with Gasteiger partial charge in [-0.25, -0.2) is 4.79 Å². The monoisotopic (exact) mass is 214 g/mol. The molecule has 3 heteroatoms. The number of ether oxygens (including phenoxy) is 1. The smallest absolute Gasteiger partial charge is 0.332 e. The Bertz CT molecular complexity index is 183. The van der Waals surface area contributed by atoms with Gasteiger partial charge in [0.2, 0.25) is 0 Å². The molecule has 3 nitrogen and oxygen atoms in total. The zero-order chi connectivity index (χ0) is 11.1. The molecule has 1 rings (SSSR count). The highest BCUT2D eigenvalue weighted by atomic mass is 16.5. The lowest BCUT2D eigenvalue weighted by molar-refractivity contribution is -0.155. The summed E-state index contributed by atoms with van der Waals surface area (Å²) in [4.78, 5) is 10.9. The fourth-order valence-electron chi connectivity index (χ4n) is 2.12. The van der Waals surface area contributed by atoms with Crippen LogP contribution in [0, 0.1) is 0 Å². The molecule has 1 aliphatic rings. The molecule has 0 aromatic carbocycles. The first-order chi connectivity index (χ1) is 7.24. The van der Waals surface area contributed by atoms with Gasteiger partial charge in [-0.15, -0.1) is 0 Å². The SMILES string of the molecule is CCCC(OC1CCCCCC1)C(=O)O. The Morgan fingerprint density at radius 2 is 1.93 bits per heavy atom. The van der Waals surface area contributed by atoms with Gasteiger partial charge in [0.15, 0.2) is 6.10 Å². The lowest BCUT2D eigenvalue weighted by atomic mass is 10.1. The molecule has 1 aliphatic carbocycles. The first-order valence-corrected chi connectivity index (χ1v) is 6.12. The number of hydrogen-bond acceptors (Lipinski definition) is 2. The summed E-state index contributed by atoms with van der Waals surface area (Å²) in [5.41, 5.74) is 0. The van der Waals surface area contributed by atoms with Crippen molar-refractivity contribution >= 4 is 5.97 Å². The van der Waals surface area contributed by atoms with Gasteiger partial charge in [0.25, 0.3) is 0 Å². The van der Waals surface area contributed by atoms with E-state index in [1.807, 2.05) is 6.92 Å². The average molecular weight is 214 g/mol. The van der Waals surface area contributed by atoms with Gasteiger partial charge in [0.1, 0.15) is 0 Å². The Labute approximate surface area is 91.8 Å². The molecule has 15 heavy (non-hydrogen) atoms. The minimum Gasteiger partial charge on any atom is -0.479 e. The predicted octanol–water partition coefficient (Wildman–Crippen LogP) is 2.98. The second kappa shape index (κ2) is 6.83. The molecular formula is C12H22O3. The fourth-order valence-corrected chi connectivity index (χ4v) is 2.12. The van der Waals surface area contributed by atoms with Crippen molar-refractivity contribution in [3.8, 4) is 0 Å². The van der Waals surface area contributed by atoms with Gasteiger partial charge in [-0.05, 0) is 19.3 Å². The van der Waals surface area contributed by atoms with E-state index in [2.05, 4.69) is 0 Å². The van der Waals surface area contributed by atoms with Crippen LogP contribution in [0.3, 0.4) is 0 Å². The summed E-state index contributed by atoms with van der Waals surface area (Å²) in [6.07, 6.45) is 8.07. The van der Waals surface area contributed by atoms with Crippen LogP contribution in [-0.2, 0) is 9.53 Å². The van der Waals surface area contributed by atoms with Crippen LogP contribution in [0.25, 0.3) is 0 Å². The third kappa shape index (κ3) is 4.65. The molecule has 0 spiro atoms. The average Bonchev–Trinajstić information content (AvgIpc) is 2.45. The Hall–Kier alpha value is -0.570. The highest BCUT2D eigenvalue weighted by molar-refractivity contribution is 5.72. The highest BCUT2D eigenvalue weighted by Crippen LogP contribution is 2.21. The van der Waals surface area contributed by atoms with Crippen molar-refractivity contribution in [2.45, 2.75) is 70.5 Å². The molecule has 1 N–H and O–H groups in total. The fraction of sp³-hybridized carbons (Fsp3) is 0.917. The lowest BCUT2D eigenvalue weighted by Gasteiger charge is -2.20. The van der Waals surface area contributed by atoms with E-state index in [4.69, 9.17) is 9.84 Å². The lowest BCUT2D eigenvalue weighted by Crippen LogP contribution is -2.29. The van der Waals surface area contributed by atoms with Crippen molar-refractivity contribution in [2.24, 2.45) is 0 Å². The van der Waals surface area contributed by atoms with E-state index in [1.54, 1.807) is 0 Å². The molecule has 1 atom stereocenters. The molecule has 1 fully saturated rings. The van der Waals surface area contributed by atoms with Crippen LogP contribution in [0.4, 0.5) is 0 Å². The van der Waals surface area contributed by atoms with Crippen LogP contribution in [0.5, 0.6) is 0 Å². The maximum Gasteiger partial charge on any atom is 0.332 e. The number of carboxylic acid groups (broad SMARTS) is 1. The number of carbonyl (C=O) groups is 1. The molecule has 0 aliphatic heterocycles.